The van der Waals surface area contributed by atoms with E-state index in [1.165, 1.54) is 11.3 Å². The zero-order valence-electron chi connectivity index (χ0n) is 12.3. The number of piperazine rings is 1. The molecular formula is C15H21N3OS. The van der Waals surface area contributed by atoms with Crippen LogP contribution in [0.4, 0.5) is 0 Å². The second-order valence-corrected chi connectivity index (χ2v) is 6.55. The van der Waals surface area contributed by atoms with E-state index < -0.39 is 0 Å². The minimum absolute atomic E-state index is 0.00820. The van der Waals surface area contributed by atoms with Crippen LogP contribution in [0.25, 0.3) is 0 Å². The fourth-order valence-corrected chi connectivity index (χ4v) is 3.09. The Kier molecular flexibility index (Phi) is 4.48. The third-order valence-corrected chi connectivity index (χ3v) is 4.69. The Morgan fingerprint density at radius 2 is 2.25 bits per heavy atom. The molecule has 1 aromatic rings. The molecule has 0 bridgehead atoms. The first-order chi connectivity index (χ1) is 9.45. The van der Waals surface area contributed by atoms with Crippen molar-refractivity contribution in [1.29, 1.82) is 0 Å². The average Bonchev–Trinajstić information content (AvgIpc) is 2.87. The van der Waals surface area contributed by atoms with E-state index in [-0.39, 0.29) is 11.4 Å². The maximum absolute atomic E-state index is 12.7. The Hall–Kier alpha value is -1.35. The van der Waals surface area contributed by atoms with E-state index in [4.69, 9.17) is 5.73 Å². The van der Waals surface area contributed by atoms with E-state index in [9.17, 15) is 4.79 Å². The summed E-state index contributed by atoms with van der Waals surface area (Å²) in [4.78, 5) is 17.6. The van der Waals surface area contributed by atoms with Crippen molar-refractivity contribution in [2.45, 2.75) is 19.4 Å². The summed E-state index contributed by atoms with van der Waals surface area (Å²) in [6.45, 7) is 7.04. The number of nitrogens with zero attached hydrogens (tertiary/aromatic N) is 2. The predicted octanol–water partition coefficient (Wildman–Crippen LogP) is 1.22. The average molecular weight is 291 g/mol. The third kappa shape index (κ3) is 3.04. The predicted molar refractivity (Wildman–Crippen MR) is 82.9 cm³/mol. The van der Waals surface area contributed by atoms with Crippen LogP contribution in [0.5, 0.6) is 0 Å². The first-order valence-electron chi connectivity index (χ1n) is 6.72. The molecule has 1 fully saturated rings. The molecule has 0 aliphatic carbocycles. The monoisotopic (exact) mass is 291 g/mol. The van der Waals surface area contributed by atoms with E-state index in [1.54, 1.807) is 0 Å². The zero-order valence-corrected chi connectivity index (χ0v) is 13.1. The minimum Gasteiger partial charge on any atom is -0.335 e. The summed E-state index contributed by atoms with van der Waals surface area (Å²) in [5.74, 6) is 5.88. The molecule has 0 atom stereocenters. The molecule has 5 heteroatoms. The molecule has 20 heavy (non-hydrogen) atoms. The fraction of sp³-hybridized carbons (Fsp3) is 0.533. The Bertz CT molecular complexity index is 553. The highest BCUT2D eigenvalue weighted by molar-refractivity contribution is 7.12. The van der Waals surface area contributed by atoms with Crippen LogP contribution in [0.1, 0.15) is 29.1 Å². The minimum atomic E-state index is 0.00820. The lowest BCUT2D eigenvalue weighted by Crippen LogP contribution is -2.58. The topological polar surface area (TPSA) is 49.6 Å². The van der Waals surface area contributed by atoms with Gasteiger partial charge in [0.15, 0.2) is 0 Å². The molecule has 2 N–H and O–H groups in total. The molecule has 1 amide bonds. The number of carbonyl (C=O) groups is 1. The van der Waals surface area contributed by atoms with Gasteiger partial charge in [0, 0.05) is 30.7 Å². The number of carbonyl (C=O) groups excluding carboxylic acids is 1. The van der Waals surface area contributed by atoms with Gasteiger partial charge in [-0.3, -0.25) is 9.69 Å². The van der Waals surface area contributed by atoms with Crippen molar-refractivity contribution < 1.29 is 4.79 Å². The molecule has 0 aromatic carbocycles. The van der Waals surface area contributed by atoms with E-state index in [1.807, 2.05) is 16.3 Å². The number of rotatable bonds is 1. The van der Waals surface area contributed by atoms with E-state index in [0.29, 0.717) is 6.54 Å². The maximum Gasteiger partial charge on any atom is 0.265 e. The summed E-state index contributed by atoms with van der Waals surface area (Å²) in [6.07, 6.45) is 0. The van der Waals surface area contributed by atoms with Crippen LogP contribution in [0.3, 0.4) is 0 Å². The van der Waals surface area contributed by atoms with Crippen LogP contribution in [0.15, 0.2) is 11.4 Å². The van der Waals surface area contributed by atoms with Crippen LogP contribution in [0, 0.1) is 11.8 Å². The van der Waals surface area contributed by atoms with Gasteiger partial charge >= 0.3 is 0 Å². The molecule has 4 nitrogen and oxygen atoms in total. The normalized spacial score (nSPS) is 18.5. The first-order valence-corrected chi connectivity index (χ1v) is 7.60. The molecule has 1 saturated heterocycles. The number of thiophene rings is 1. The number of nitrogens with two attached hydrogens (primary N) is 1. The van der Waals surface area contributed by atoms with Gasteiger partial charge in [-0.15, -0.1) is 11.3 Å². The SMILES string of the molecule is CN1CCN(C(=O)c2sccc2C#CCN)CC1(C)C. The van der Waals surface area contributed by atoms with Crippen LogP contribution >= 0.6 is 11.3 Å². The summed E-state index contributed by atoms with van der Waals surface area (Å²) >= 11 is 1.45. The number of amides is 1. The maximum atomic E-state index is 12.7. The van der Waals surface area contributed by atoms with Gasteiger partial charge in [0.25, 0.3) is 5.91 Å². The summed E-state index contributed by atoms with van der Waals surface area (Å²) in [5, 5.41) is 1.91. The van der Waals surface area contributed by atoms with E-state index in [0.717, 1.165) is 30.1 Å². The molecule has 1 aliphatic rings. The van der Waals surface area contributed by atoms with Gasteiger partial charge in [-0.2, -0.15) is 0 Å². The highest BCUT2D eigenvalue weighted by atomic mass is 32.1. The van der Waals surface area contributed by atoms with Crippen molar-refractivity contribution in [3.8, 4) is 11.8 Å². The number of hydrogen-bond acceptors (Lipinski definition) is 4. The molecule has 1 aromatic heterocycles. The van der Waals surface area contributed by atoms with Gasteiger partial charge in [-0.05, 0) is 32.3 Å². The van der Waals surface area contributed by atoms with Crippen molar-refractivity contribution in [1.82, 2.24) is 9.80 Å². The lowest BCUT2D eigenvalue weighted by Gasteiger charge is -2.45. The molecular weight excluding hydrogens is 270 g/mol. The van der Waals surface area contributed by atoms with E-state index >= 15 is 0 Å². The summed E-state index contributed by atoms with van der Waals surface area (Å²) in [6, 6.07) is 1.89. The smallest absolute Gasteiger partial charge is 0.265 e. The van der Waals surface area contributed by atoms with Crippen molar-refractivity contribution in [3.63, 3.8) is 0 Å². The van der Waals surface area contributed by atoms with Gasteiger partial charge < -0.3 is 10.6 Å². The molecule has 2 rings (SSSR count). The van der Waals surface area contributed by atoms with Gasteiger partial charge in [-0.25, -0.2) is 0 Å². The Morgan fingerprint density at radius 1 is 1.50 bits per heavy atom. The van der Waals surface area contributed by atoms with Gasteiger partial charge in [0.05, 0.1) is 6.54 Å². The second kappa shape index (κ2) is 5.96. The van der Waals surface area contributed by atoms with Crippen molar-refractivity contribution in [2.75, 3.05) is 33.2 Å². The standard InChI is InChI=1S/C15H21N3OS/c1-15(2)11-18(9-8-17(15)3)14(19)13-12(5-4-7-16)6-10-20-13/h6,10H,7-9,11,16H2,1-3H3. The Balaban J connectivity index is 2.18. The van der Waals surface area contributed by atoms with Gasteiger partial charge in [-0.1, -0.05) is 11.8 Å². The summed E-state index contributed by atoms with van der Waals surface area (Å²) in [5.41, 5.74) is 6.20. The lowest BCUT2D eigenvalue weighted by molar-refractivity contribution is 0.0315. The molecule has 1 aliphatic heterocycles. The van der Waals surface area contributed by atoms with Gasteiger partial charge in [0.1, 0.15) is 4.88 Å². The largest absolute Gasteiger partial charge is 0.335 e. The molecule has 0 spiro atoms. The molecule has 0 saturated carbocycles. The van der Waals surface area contributed by atoms with Crippen LogP contribution in [-0.4, -0.2) is 54.5 Å². The van der Waals surface area contributed by atoms with E-state index in [2.05, 4.69) is 37.6 Å². The Labute approximate surface area is 124 Å². The van der Waals surface area contributed by atoms with Crippen LogP contribution < -0.4 is 5.73 Å². The van der Waals surface area contributed by atoms with Crippen molar-refractivity contribution >= 4 is 17.2 Å². The second-order valence-electron chi connectivity index (χ2n) is 5.63. The molecule has 0 unspecified atom stereocenters. The van der Waals surface area contributed by atoms with Crippen LogP contribution in [-0.2, 0) is 0 Å². The molecule has 108 valence electrons. The van der Waals surface area contributed by atoms with Crippen molar-refractivity contribution in [3.05, 3.63) is 21.9 Å². The highest BCUT2D eigenvalue weighted by Crippen LogP contribution is 2.23. The third-order valence-electron chi connectivity index (χ3n) is 3.79. The number of likely N-dealkylation sites (N-methyl/N-ethyl adjacent to an activating group) is 1. The van der Waals surface area contributed by atoms with Crippen molar-refractivity contribution in [2.24, 2.45) is 5.73 Å². The molecule has 2 heterocycles. The first kappa shape index (κ1) is 15.0. The highest BCUT2D eigenvalue weighted by Gasteiger charge is 2.34. The zero-order chi connectivity index (χ0) is 14.8. The lowest BCUT2D eigenvalue weighted by atomic mass is 9.99. The molecule has 0 radical (unpaired) electrons. The summed E-state index contributed by atoms with van der Waals surface area (Å²) < 4.78 is 0. The quantitative estimate of drug-likeness (QED) is 0.792. The van der Waals surface area contributed by atoms with Gasteiger partial charge in [0.2, 0.25) is 0 Å². The van der Waals surface area contributed by atoms with Crippen LogP contribution in [0.2, 0.25) is 0 Å². The fourth-order valence-electron chi connectivity index (χ4n) is 2.28. The Morgan fingerprint density at radius 3 is 2.90 bits per heavy atom. The summed E-state index contributed by atoms with van der Waals surface area (Å²) in [7, 11) is 2.10. The number of hydrogen-bond donors (Lipinski definition) is 1.